The highest BCUT2D eigenvalue weighted by molar-refractivity contribution is 7.92. The molecule has 0 aliphatic carbocycles. The van der Waals surface area contributed by atoms with E-state index in [9.17, 15) is 19.7 Å². The number of benzene rings is 6. The van der Waals surface area contributed by atoms with Crippen LogP contribution in [0.15, 0.2) is 204 Å². The summed E-state index contributed by atoms with van der Waals surface area (Å²) in [5, 5.41) is 12.7. The van der Waals surface area contributed by atoms with Gasteiger partial charge in [-0.1, -0.05) is 213 Å². The molecule has 0 amide bonds. The number of methoxy groups -OCH3 is 1. The minimum Gasteiger partial charge on any atom is -0.459 e. The van der Waals surface area contributed by atoms with Gasteiger partial charge in [-0.15, -0.1) is 0 Å². The van der Waals surface area contributed by atoms with Gasteiger partial charge in [-0.2, -0.15) is 0 Å². The van der Waals surface area contributed by atoms with E-state index in [1.165, 1.54) is 43.5 Å². The average molecular weight is 1640 g/mol. The van der Waals surface area contributed by atoms with Gasteiger partial charge in [-0.25, -0.2) is 18.0 Å². The van der Waals surface area contributed by atoms with Crippen molar-refractivity contribution in [3.05, 3.63) is 215 Å². The zero-order valence-corrected chi connectivity index (χ0v) is 70.8. The summed E-state index contributed by atoms with van der Waals surface area (Å²) in [5.74, 6) is -2.99. The Morgan fingerprint density at radius 3 is 1.67 bits per heavy atom. The van der Waals surface area contributed by atoms with Crippen molar-refractivity contribution in [1.29, 1.82) is 0 Å². The van der Waals surface area contributed by atoms with Crippen molar-refractivity contribution >= 4 is 76.6 Å². The van der Waals surface area contributed by atoms with E-state index in [1.807, 2.05) is 93.6 Å². The quantitative estimate of drug-likeness (QED) is 0.0182. The van der Waals surface area contributed by atoms with Gasteiger partial charge in [0.15, 0.2) is 15.6 Å². The molecule has 0 radical (unpaired) electrons. The summed E-state index contributed by atoms with van der Waals surface area (Å²) in [5.41, 5.74) is 2.28. The van der Waals surface area contributed by atoms with Gasteiger partial charge in [0.05, 0.1) is 88.9 Å². The summed E-state index contributed by atoms with van der Waals surface area (Å²) < 4.78 is 124. The van der Waals surface area contributed by atoms with Gasteiger partial charge >= 0.3 is 17.9 Å². The van der Waals surface area contributed by atoms with Crippen molar-refractivity contribution in [2.45, 2.75) is 276 Å². The summed E-state index contributed by atoms with van der Waals surface area (Å²) in [6.07, 6.45) is -12.1. The SMILES string of the molecule is C=C1CC2CC(S(=O)(=O)c3ccccc3)C(=O)C[C@H]3O[C@H]4[C@@H](O[Si](c5ccccc5)(c5ccccc5)C(C)(C)C)[C@H]5O[C@H](CC[C@@H]5O[C@H]4[C@H]3O[Si](c3ccccc3)(c3ccccc3)C(C)(C)C)CC(=O)OC3C(C[C@H]4OC(CC[C@@H]1O2)CC(C)=C4COC(=O)COC)O[C@H]1C[C@@H](OC(=O)c2ccc([N+](=O)[O-])cc2)[C@@H](CCC)O[C@H]1[C@@H]3C. The number of carbonyl (C=O) groups excluding carboxylic acids is 4. The number of non-ortho nitro benzene ring substituents is 1. The molecule has 8 bridgehead atoms. The number of ether oxygens (including phenoxy) is 11. The number of nitro benzene ring substituents is 1. The lowest BCUT2D eigenvalue weighted by molar-refractivity contribution is -0.384. The fourth-order valence-electron chi connectivity index (χ4n) is 19.5. The highest BCUT2D eigenvalue weighted by Crippen LogP contribution is 2.50. The molecule has 7 saturated heterocycles. The third-order valence-electron chi connectivity index (χ3n) is 25.1. The summed E-state index contributed by atoms with van der Waals surface area (Å²) >= 11 is 0. The van der Waals surface area contributed by atoms with Crippen LogP contribution >= 0.6 is 0 Å². The maximum absolute atomic E-state index is 16.5. The number of esters is 3. The Kier molecular flexibility index (Phi) is 26.1. The smallest absolute Gasteiger partial charge is 0.338 e. The Morgan fingerprint density at radius 2 is 1.10 bits per heavy atom. The van der Waals surface area contributed by atoms with Gasteiger partial charge < -0.3 is 61.0 Å². The molecule has 0 saturated carbocycles. The lowest BCUT2D eigenvalue weighted by Gasteiger charge is -2.53. The molecule has 20 atom stereocenters. The Bertz CT molecular complexity index is 4510. The van der Waals surface area contributed by atoms with Crippen LogP contribution < -0.4 is 20.7 Å². The zero-order valence-electron chi connectivity index (χ0n) is 68.0. The van der Waals surface area contributed by atoms with E-state index in [0.29, 0.717) is 50.5 Å². The van der Waals surface area contributed by atoms with E-state index < -0.39 is 193 Å². The molecule has 6 aromatic rings. The van der Waals surface area contributed by atoms with Crippen LogP contribution in [0.2, 0.25) is 10.1 Å². The number of nitro groups is 1. The molecule has 14 rings (SSSR count). The molecule has 8 aliphatic heterocycles. The first-order chi connectivity index (χ1) is 55.6. The summed E-state index contributed by atoms with van der Waals surface area (Å²) in [7, 11) is -10.4. The number of fused-ring (bicyclic) bond motifs is 8. The number of Topliss-reactive ketones (excluding diaryl/α,β-unsaturated/α-hetero) is 1. The molecule has 8 aliphatic rings. The molecule has 0 spiro atoms. The highest BCUT2D eigenvalue weighted by atomic mass is 32.2. The van der Waals surface area contributed by atoms with Crippen LogP contribution in [0.4, 0.5) is 5.69 Å². The van der Waals surface area contributed by atoms with Crippen LogP contribution in [0.1, 0.15) is 156 Å². The molecule has 6 aromatic carbocycles. The third-order valence-corrected chi connectivity index (χ3v) is 37.3. The van der Waals surface area contributed by atoms with Crippen molar-refractivity contribution in [1.82, 2.24) is 0 Å². The number of sulfone groups is 1. The molecular weight excluding hydrogens is 1530 g/mol. The predicted molar refractivity (Wildman–Crippen MR) is 440 cm³/mol. The average Bonchev–Trinajstić information content (AvgIpc) is 1.42. The molecule has 22 nitrogen and oxygen atoms in total. The Hall–Kier alpha value is -7.74. The van der Waals surface area contributed by atoms with Gasteiger partial charge in [-0.05, 0) is 125 Å². The number of nitrogens with zero attached hydrogens (tertiary/aromatic N) is 1. The number of ketones is 1. The van der Waals surface area contributed by atoms with Crippen LogP contribution in [0.5, 0.6) is 0 Å². The van der Waals surface area contributed by atoms with Gasteiger partial charge in [0, 0.05) is 44.4 Å². The normalized spacial score (nSPS) is 30.9. The van der Waals surface area contributed by atoms with Crippen LogP contribution in [0.3, 0.4) is 0 Å². The maximum atomic E-state index is 16.5. The van der Waals surface area contributed by atoms with Crippen molar-refractivity contribution < 1.29 is 93.5 Å². The fraction of sp³-hybridized carbons (Fsp3) is 0.516. The van der Waals surface area contributed by atoms with E-state index in [0.717, 1.165) is 31.9 Å². The van der Waals surface area contributed by atoms with Crippen LogP contribution in [-0.4, -0.2) is 189 Å². The van der Waals surface area contributed by atoms with Crippen LogP contribution in [-0.2, 0) is 85.2 Å². The molecule has 116 heavy (non-hydrogen) atoms. The van der Waals surface area contributed by atoms with E-state index in [-0.39, 0.29) is 61.5 Å². The van der Waals surface area contributed by atoms with E-state index >= 15 is 18.0 Å². The van der Waals surface area contributed by atoms with Gasteiger partial charge in [-0.3, -0.25) is 19.7 Å². The maximum Gasteiger partial charge on any atom is 0.338 e. The fourth-order valence-corrected chi connectivity index (χ4v) is 30.7. The summed E-state index contributed by atoms with van der Waals surface area (Å²) in [4.78, 5) is 70.5. The van der Waals surface area contributed by atoms with Crippen molar-refractivity contribution in [2.75, 3.05) is 20.3 Å². The van der Waals surface area contributed by atoms with E-state index in [1.54, 1.807) is 18.2 Å². The molecule has 25 heteroatoms. The van der Waals surface area contributed by atoms with Crippen molar-refractivity contribution in [3.63, 3.8) is 0 Å². The molecule has 620 valence electrons. The number of hydrogen-bond donors (Lipinski definition) is 0. The monoisotopic (exact) mass is 1640 g/mol. The molecule has 8 heterocycles. The topological polar surface area (TPSA) is 266 Å². The number of hydrogen-bond acceptors (Lipinski definition) is 21. The second kappa shape index (κ2) is 35.7. The van der Waals surface area contributed by atoms with Gasteiger partial charge in [0.2, 0.25) is 0 Å². The minimum absolute atomic E-state index is 0.0164. The first kappa shape index (κ1) is 84.7. The molecular formula is C91H111NO21SSi2. The van der Waals surface area contributed by atoms with E-state index in [2.05, 4.69) is 96.7 Å². The Balaban J connectivity index is 0.894. The first-order valence-electron chi connectivity index (χ1n) is 41.2. The standard InChI is InChI=1S/C91H111NO21SSi2/c1-12-28-72-75(110-89(96)59-39-41-60(42-40-59)92(97)98)53-78-82(107-72)58(4)83-77(106-78)52-74-69(54-102-81(95)55-101-11)56(2)47-61(103-74)43-45-71-57(3)48-63(104-71)49-79(114(99,100)64-29-18-13-19-30-64)70(93)51-76-85(112-115(90(5,6)7,65-31-20-14-21-32-65)66-33-22-15-23-34-66)86-87(109-76)88(84-73(108-86)46-44-62(105-84)50-80(94)111-83)113-116(91(8,9)10,67-35-24-16-25-36-67)68-37-26-17-27-38-68/h13-27,29-42,58,61-63,71-79,82-88H,3,12,28,43-55H2,1-2,4-11H3/t58-,61?,62+,63?,71-,72+,73-,74+,75+,76+,77?,78-,79?,82-,83?,84-,85-,86-,87+,88-/m0/s1. The first-order valence-corrected chi connectivity index (χ1v) is 46.6. The molecule has 0 aromatic heterocycles. The lowest BCUT2D eigenvalue weighted by Crippen LogP contribution is -2.73. The van der Waals surface area contributed by atoms with Gasteiger partial charge in [0.1, 0.15) is 61.2 Å². The largest absolute Gasteiger partial charge is 0.459 e. The Labute approximate surface area is 683 Å². The predicted octanol–water partition coefficient (Wildman–Crippen LogP) is 12.5. The molecule has 5 unspecified atom stereocenters. The van der Waals surface area contributed by atoms with Gasteiger partial charge in [0.25, 0.3) is 22.3 Å². The summed E-state index contributed by atoms with van der Waals surface area (Å²) in [6, 6.07) is 54.3. The Morgan fingerprint density at radius 1 is 0.569 bits per heavy atom. The van der Waals surface area contributed by atoms with Crippen molar-refractivity contribution in [2.24, 2.45) is 5.92 Å². The zero-order chi connectivity index (χ0) is 82.0. The minimum atomic E-state index is -4.48. The number of carbonyl (C=O) groups is 4. The number of rotatable bonds is 19. The third kappa shape index (κ3) is 17.5. The summed E-state index contributed by atoms with van der Waals surface area (Å²) in [6.45, 7) is 23.2. The second-order valence-electron chi connectivity index (χ2n) is 34.7. The van der Waals surface area contributed by atoms with E-state index in [4.69, 9.17) is 61.0 Å². The molecule has 7 fully saturated rings. The lowest BCUT2D eigenvalue weighted by atomic mass is 9.80. The molecule has 0 N–H and O–H groups in total. The highest BCUT2D eigenvalue weighted by Gasteiger charge is 2.66. The van der Waals surface area contributed by atoms with Crippen molar-refractivity contribution in [3.8, 4) is 0 Å². The van der Waals surface area contributed by atoms with Crippen LogP contribution in [0.25, 0.3) is 0 Å². The van der Waals surface area contributed by atoms with Crippen LogP contribution in [0, 0.1) is 16.0 Å². The second-order valence-corrected chi connectivity index (χ2v) is 45.4.